The average molecular weight is 646 g/mol. The molecule has 1 N–H and O–H groups in total. The Morgan fingerprint density at radius 1 is 0.956 bits per heavy atom. The monoisotopic (exact) mass is 645 g/mol. The van der Waals surface area contributed by atoms with E-state index < -0.39 is 40.3 Å². The van der Waals surface area contributed by atoms with Crippen molar-refractivity contribution in [3.05, 3.63) is 90.0 Å². The van der Waals surface area contributed by atoms with Gasteiger partial charge in [0.05, 0.1) is 23.3 Å². The third kappa shape index (κ3) is 8.56. The second-order valence-corrected chi connectivity index (χ2v) is 12.9. The summed E-state index contributed by atoms with van der Waals surface area (Å²) in [6.45, 7) is 0.854. The summed E-state index contributed by atoms with van der Waals surface area (Å²) in [6.07, 6.45) is 0.184. The molecule has 45 heavy (non-hydrogen) atoms. The normalized spacial score (nSPS) is 14.8. The molecule has 12 heteroatoms. The number of benzene rings is 3. The molecule has 4 rings (SSSR count). The molecule has 242 valence electrons. The summed E-state index contributed by atoms with van der Waals surface area (Å²) in [5.41, 5.74) is -0.765. The molecular weight excluding hydrogens is 607 g/mol. The smallest absolute Gasteiger partial charge is 0.416 e. The van der Waals surface area contributed by atoms with Crippen LogP contribution in [0.25, 0.3) is 0 Å². The lowest BCUT2D eigenvalue weighted by molar-refractivity contribution is -0.140. The predicted molar refractivity (Wildman–Crippen MR) is 165 cm³/mol. The third-order valence-corrected chi connectivity index (χ3v) is 9.68. The van der Waals surface area contributed by atoms with Crippen LogP contribution in [-0.4, -0.2) is 50.9 Å². The standard InChI is InChI=1S/C33H38F3N3O5S/c1-3-30(32(41)37-26-14-6-4-7-15-26)38(22-24-12-10-17-28(20-24)44-2)31(40)23-39(45(42,43)29-18-8-5-9-19-29)27-16-11-13-25(21-27)33(34,35)36/h5,8-13,16-21,26,30H,3-4,6-7,14-15,22-23H2,1-2H3,(H,37,41)/t30-/m0/s1. The van der Waals surface area contributed by atoms with Crippen molar-refractivity contribution in [2.24, 2.45) is 0 Å². The molecule has 1 saturated carbocycles. The summed E-state index contributed by atoms with van der Waals surface area (Å²) in [7, 11) is -3.01. The van der Waals surface area contributed by atoms with E-state index >= 15 is 0 Å². The highest BCUT2D eigenvalue weighted by molar-refractivity contribution is 7.92. The zero-order chi connectivity index (χ0) is 32.6. The van der Waals surface area contributed by atoms with Crippen LogP contribution in [0.4, 0.5) is 18.9 Å². The van der Waals surface area contributed by atoms with Crippen molar-refractivity contribution in [3.63, 3.8) is 0 Å². The molecule has 0 radical (unpaired) electrons. The van der Waals surface area contributed by atoms with Crippen LogP contribution in [0.1, 0.15) is 56.6 Å². The lowest BCUT2D eigenvalue weighted by Gasteiger charge is -2.34. The number of methoxy groups -OCH3 is 1. The predicted octanol–water partition coefficient (Wildman–Crippen LogP) is 6.17. The van der Waals surface area contributed by atoms with Gasteiger partial charge in [0.15, 0.2) is 0 Å². The molecule has 1 atom stereocenters. The average Bonchev–Trinajstić information content (AvgIpc) is 3.04. The summed E-state index contributed by atoms with van der Waals surface area (Å²) < 4.78 is 74.9. The van der Waals surface area contributed by atoms with Gasteiger partial charge >= 0.3 is 6.18 Å². The molecule has 1 aliphatic rings. The minimum absolute atomic E-state index is 0.0332. The Kier molecular flexibility index (Phi) is 11.1. The van der Waals surface area contributed by atoms with E-state index in [4.69, 9.17) is 4.74 Å². The van der Waals surface area contributed by atoms with Gasteiger partial charge in [0, 0.05) is 12.6 Å². The van der Waals surface area contributed by atoms with Crippen LogP contribution in [0, 0.1) is 0 Å². The van der Waals surface area contributed by atoms with Crippen molar-refractivity contribution < 1.29 is 35.9 Å². The van der Waals surface area contributed by atoms with Gasteiger partial charge in [-0.25, -0.2) is 8.42 Å². The highest BCUT2D eigenvalue weighted by Crippen LogP contribution is 2.33. The van der Waals surface area contributed by atoms with E-state index in [0.29, 0.717) is 21.7 Å². The number of alkyl halides is 3. The van der Waals surface area contributed by atoms with Crippen LogP contribution in [-0.2, 0) is 32.3 Å². The zero-order valence-electron chi connectivity index (χ0n) is 25.3. The molecule has 1 aliphatic carbocycles. The van der Waals surface area contributed by atoms with Gasteiger partial charge < -0.3 is 15.0 Å². The lowest BCUT2D eigenvalue weighted by atomic mass is 9.95. The first kappa shape index (κ1) is 33.8. The second kappa shape index (κ2) is 14.8. The summed E-state index contributed by atoms with van der Waals surface area (Å²) in [6, 6.07) is 16.9. The number of ether oxygens (including phenoxy) is 1. The first-order valence-corrected chi connectivity index (χ1v) is 16.4. The van der Waals surface area contributed by atoms with Crippen molar-refractivity contribution in [1.82, 2.24) is 10.2 Å². The van der Waals surface area contributed by atoms with Crippen molar-refractivity contribution in [1.29, 1.82) is 0 Å². The van der Waals surface area contributed by atoms with E-state index in [1.165, 1.54) is 42.3 Å². The van der Waals surface area contributed by atoms with Crippen molar-refractivity contribution >= 4 is 27.5 Å². The van der Waals surface area contributed by atoms with E-state index in [-0.39, 0.29) is 35.5 Å². The second-order valence-electron chi connectivity index (χ2n) is 11.0. The molecule has 0 aromatic heterocycles. The van der Waals surface area contributed by atoms with Crippen molar-refractivity contribution in [2.45, 2.75) is 75.1 Å². The SMILES string of the molecule is CC[C@@H](C(=O)NC1CCCCC1)N(Cc1cccc(OC)c1)C(=O)CN(c1cccc(C(F)(F)F)c1)S(=O)(=O)c1ccccc1. The number of carbonyl (C=O) groups is 2. The van der Waals surface area contributed by atoms with Gasteiger partial charge in [-0.1, -0.05) is 62.6 Å². The Bertz CT molecular complexity index is 1560. The number of hydrogen-bond donors (Lipinski definition) is 1. The lowest BCUT2D eigenvalue weighted by Crippen LogP contribution is -2.54. The Morgan fingerprint density at radius 2 is 1.64 bits per heavy atom. The van der Waals surface area contributed by atoms with Crippen molar-refractivity contribution in [2.75, 3.05) is 18.0 Å². The number of rotatable bonds is 12. The maximum Gasteiger partial charge on any atom is 0.416 e. The molecular formula is C33H38F3N3O5S. The van der Waals surface area contributed by atoms with E-state index in [1.807, 2.05) is 0 Å². The Hall–Kier alpha value is -4.06. The number of carbonyl (C=O) groups excluding carboxylic acids is 2. The molecule has 8 nitrogen and oxygen atoms in total. The zero-order valence-corrected chi connectivity index (χ0v) is 26.1. The number of nitrogens with one attached hydrogen (secondary N) is 1. The maximum atomic E-state index is 14.2. The summed E-state index contributed by atoms with van der Waals surface area (Å²) >= 11 is 0. The molecule has 0 saturated heterocycles. The van der Waals surface area contributed by atoms with Crippen LogP contribution in [0.5, 0.6) is 5.75 Å². The minimum atomic E-state index is -4.74. The van der Waals surface area contributed by atoms with Crippen LogP contribution in [0.15, 0.2) is 83.8 Å². The van der Waals surface area contributed by atoms with Crippen LogP contribution in [0.3, 0.4) is 0 Å². The van der Waals surface area contributed by atoms with E-state index in [2.05, 4.69) is 5.32 Å². The molecule has 0 aliphatic heterocycles. The van der Waals surface area contributed by atoms with Crippen LogP contribution < -0.4 is 14.4 Å². The fourth-order valence-corrected chi connectivity index (χ4v) is 6.94. The van der Waals surface area contributed by atoms with Gasteiger partial charge in [0.1, 0.15) is 18.3 Å². The fraction of sp³-hybridized carbons (Fsp3) is 0.394. The molecule has 2 amide bonds. The Balaban J connectivity index is 1.75. The number of halogens is 3. The molecule has 3 aromatic carbocycles. The van der Waals surface area contributed by atoms with Crippen LogP contribution in [0.2, 0.25) is 0 Å². The van der Waals surface area contributed by atoms with Gasteiger partial charge in [-0.3, -0.25) is 13.9 Å². The first-order valence-electron chi connectivity index (χ1n) is 14.9. The highest BCUT2D eigenvalue weighted by Gasteiger charge is 2.36. The number of sulfonamides is 1. The number of amides is 2. The Morgan fingerprint density at radius 3 is 2.29 bits per heavy atom. The Labute approximate surface area is 262 Å². The van der Waals surface area contributed by atoms with E-state index in [1.54, 1.807) is 37.3 Å². The fourth-order valence-electron chi connectivity index (χ4n) is 5.52. The summed E-state index contributed by atoms with van der Waals surface area (Å²) in [5.74, 6) is -0.589. The number of hydrogen-bond acceptors (Lipinski definition) is 5. The molecule has 3 aromatic rings. The van der Waals surface area contributed by atoms with Crippen molar-refractivity contribution in [3.8, 4) is 5.75 Å². The van der Waals surface area contributed by atoms with E-state index in [9.17, 15) is 31.2 Å². The van der Waals surface area contributed by atoms with Gasteiger partial charge in [0.25, 0.3) is 10.0 Å². The molecule has 0 spiro atoms. The topological polar surface area (TPSA) is 96.0 Å². The quantitative estimate of drug-likeness (QED) is 0.254. The van der Waals surface area contributed by atoms with Gasteiger partial charge in [0.2, 0.25) is 11.8 Å². The molecule has 0 heterocycles. The van der Waals surface area contributed by atoms with E-state index in [0.717, 1.165) is 44.2 Å². The maximum absolute atomic E-state index is 14.2. The first-order chi connectivity index (χ1) is 21.4. The molecule has 0 unspecified atom stereocenters. The largest absolute Gasteiger partial charge is 0.497 e. The van der Waals surface area contributed by atoms with Gasteiger partial charge in [-0.15, -0.1) is 0 Å². The summed E-state index contributed by atoms with van der Waals surface area (Å²) in [4.78, 5) is 29.0. The number of anilines is 1. The highest BCUT2D eigenvalue weighted by atomic mass is 32.2. The molecule has 0 bridgehead atoms. The number of nitrogens with zero attached hydrogens (tertiary/aromatic N) is 2. The third-order valence-electron chi connectivity index (χ3n) is 7.90. The summed E-state index contributed by atoms with van der Waals surface area (Å²) in [5, 5.41) is 3.06. The van der Waals surface area contributed by atoms with Gasteiger partial charge in [-0.2, -0.15) is 13.2 Å². The van der Waals surface area contributed by atoms with Gasteiger partial charge in [-0.05, 0) is 67.3 Å². The van der Waals surface area contributed by atoms with Crippen LogP contribution >= 0.6 is 0 Å². The minimum Gasteiger partial charge on any atom is -0.497 e. The molecule has 1 fully saturated rings.